The molecule has 1 N–H and O–H groups in total. The topological polar surface area (TPSA) is 67.3 Å². The van der Waals surface area contributed by atoms with Crippen molar-refractivity contribution in [1.82, 2.24) is 14.9 Å². The highest BCUT2D eigenvalue weighted by atomic mass is 32.2. The molecular weight excluding hydrogens is 369 g/mol. The van der Waals surface area contributed by atoms with Gasteiger partial charge in [0, 0.05) is 25.8 Å². The maximum atomic E-state index is 13.1. The molecule has 6 nitrogen and oxygen atoms in total. The van der Waals surface area contributed by atoms with E-state index in [2.05, 4.69) is 15.3 Å². The fourth-order valence-electron chi connectivity index (χ4n) is 2.59. The number of hydrogen-bond acceptors (Lipinski definition) is 6. The third-order valence-electron chi connectivity index (χ3n) is 3.99. The van der Waals surface area contributed by atoms with E-state index in [1.165, 1.54) is 11.8 Å². The van der Waals surface area contributed by atoms with E-state index in [0.717, 1.165) is 6.20 Å². The van der Waals surface area contributed by atoms with E-state index in [1.807, 2.05) is 13.8 Å². The SMILES string of the molecule is CSc1ncc(C(F)(F)F)c(NCCCN2CCOCC(C)(C)C2=O)n1. The fraction of sp³-hybridized carbons (Fsp3) is 0.688. The lowest BCUT2D eigenvalue weighted by Gasteiger charge is -2.27. The number of carbonyl (C=O) groups is 1. The maximum absolute atomic E-state index is 13.1. The van der Waals surface area contributed by atoms with Gasteiger partial charge in [0.1, 0.15) is 11.4 Å². The van der Waals surface area contributed by atoms with Crippen LogP contribution >= 0.6 is 11.8 Å². The summed E-state index contributed by atoms with van der Waals surface area (Å²) in [7, 11) is 0. The third-order valence-corrected chi connectivity index (χ3v) is 4.55. The van der Waals surface area contributed by atoms with Crippen molar-refractivity contribution in [2.75, 3.05) is 44.4 Å². The molecule has 0 bridgehead atoms. The standard InChI is InChI=1S/C16H23F3N4O2S/c1-15(2)10-25-8-7-23(13(15)24)6-4-5-20-12-11(16(17,18)19)9-21-14(22-12)26-3/h9H,4-8,10H2,1-3H3,(H,20,21,22). The predicted octanol–water partition coefficient (Wildman–Crippen LogP) is 2.90. The Morgan fingerprint density at radius 2 is 2.15 bits per heavy atom. The van der Waals surface area contributed by atoms with Crippen molar-refractivity contribution >= 4 is 23.5 Å². The van der Waals surface area contributed by atoms with Crippen molar-refractivity contribution in [2.45, 2.75) is 31.6 Å². The number of nitrogens with zero attached hydrogens (tertiary/aromatic N) is 3. The molecule has 0 saturated carbocycles. The van der Waals surface area contributed by atoms with Gasteiger partial charge in [-0.3, -0.25) is 4.79 Å². The molecule has 1 aliphatic rings. The van der Waals surface area contributed by atoms with Gasteiger partial charge in [-0.2, -0.15) is 13.2 Å². The van der Waals surface area contributed by atoms with Crippen LogP contribution in [-0.4, -0.2) is 59.9 Å². The molecule has 0 aromatic carbocycles. The second kappa shape index (κ2) is 8.43. The zero-order valence-electron chi connectivity index (χ0n) is 15.0. The number of ether oxygens (including phenoxy) is 1. The van der Waals surface area contributed by atoms with Gasteiger partial charge in [0.15, 0.2) is 5.16 Å². The molecule has 0 radical (unpaired) electrons. The molecule has 1 fully saturated rings. The first-order valence-electron chi connectivity index (χ1n) is 8.24. The summed E-state index contributed by atoms with van der Waals surface area (Å²) in [5, 5.41) is 3.00. The highest BCUT2D eigenvalue weighted by molar-refractivity contribution is 7.98. The van der Waals surface area contributed by atoms with E-state index in [1.54, 1.807) is 11.2 Å². The minimum absolute atomic E-state index is 0.00214. The lowest BCUT2D eigenvalue weighted by molar-refractivity contribution is -0.140. The zero-order chi connectivity index (χ0) is 19.4. The molecule has 0 unspecified atom stereocenters. The first-order valence-corrected chi connectivity index (χ1v) is 9.47. The molecular formula is C16H23F3N4O2S. The van der Waals surface area contributed by atoms with Crippen LogP contribution in [0.3, 0.4) is 0 Å². The number of halogens is 3. The summed E-state index contributed by atoms with van der Waals surface area (Å²) in [5.41, 5.74) is -1.48. The summed E-state index contributed by atoms with van der Waals surface area (Å²) in [6.45, 7) is 5.68. The average molecular weight is 392 g/mol. The summed E-state index contributed by atoms with van der Waals surface area (Å²) in [4.78, 5) is 21.8. The molecule has 1 amide bonds. The zero-order valence-corrected chi connectivity index (χ0v) is 15.8. The summed E-state index contributed by atoms with van der Waals surface area (Å²) >= 11 is 1.17. The van der Waals surface area contributed by atoms with Gasteiger partial charge in [-0.1, -0.05) is 11.8 Å². The number of thioether (sulfide) groups is 1. The molecule has 146 valence electrons. The third kappa shape index (κ3) is 5.23. The Hall–Kier alpha value is -1.55. The average Bonchev–Trinajstić information content (AvgIpc) is 2.70. The number of nitrogens with one attached hydrogen (secondary N) is 1. The second-order valence-electron chi connectivity index (χ2n) is 6.63. The normalized spacial score (nSPS) is 17.9. The van der Waals surface area contributed by atoms with Gasteiger partial charge in [0.2, 0.25) is 5.91 Å². The molecule has 26 heavy (non-hydrogen) atoms. The van der Waals surface area contributed by atoms with E-state index < -0.39 is 17.2 Å². The summed E-state index contributed by atoms with van der Waals surface area (Å²) < 4.78 is 44.7. The monoisotopic (exact) mass is 392 g/mol. The summed E-state index contributed by atoms with van der Waals surface area (Å²) in [5.74, 6) is -0.236. The molecule has 0 spiro atoms. The van der Waals surface area contributed by atoms with Crippen LogP contribution in [0, 0.1) is 5.41 Å². The van der Waals surface area contributed by atoms with Crippen LogP contribution in [0.2, 0.25) is 0 Å². The molecule has 2 rings (SSSR count). The largest absolute Gasteiger partial charge is 0.421 e. The highest BCUT2D eigenvalue weighted by Crippen LogP contribution is 2.34. The Kier molecular flexibility index (Phi) is 6.73. The first kappa shape index (κ1) is 20.8. The molecule has 1 aromatic rings. The number of rotatable bonds is 6. The summed E-state index contributed by atoms with van der Waals surface area (Å²) in [6, 6.07) is 0. The Morgan fingerprint density at radius 3 is 2.81 bits per heavy atom. The Labute approximate surface area is 154 Å². The Bertz CT molecular complexity index is 640. The number of anilines is 1. The lowest BCUT2D eigenvalue weighted by Crippen LogP contribution is -2.42. The van der Waals surface area contributed by atoms with Gasteiger partial charge in [-0.05, 0) is 26.5 Å². The van der Waals surface area contributed by atoms with Gasteiger partial charge in [0.25, 0.3) is 0 Å². The Morgan fingerprint density at radius 1 is 1.42 bits per heavy atom. The quantitative estimate of drug-likeness (QED) is 0.456. The van der Waals surface area contributed by atoms with Crippen LogP contribution in [-0.2, 0) is 15.7 Å². The second-order valence-corrected chi connectivity index (χ2v) is 7.40. The van der Waals surface area contributed by atoms with Crippen LogP contribution in [0.25, 0.3) is 0 Å². The van der Waals surface area contributed by atoms with Gasteiger partial charge in [-0.15, -0.1) is 0 Å². The minimum Gasteiger partial charge on any atom is -0.379 e. The molecule has 10 heteroatoms. The van der Waals surface area contributed by atoms with Crippen molar-refractivity contribution < 1.29 is 22.7 Å². The highest BCUT2D eigenvalue weighted by Gasteiger charge is 2.36. The number of hydrogen-bond donors (Lipinski definition) is 1. The van der Waals surface area contributed by atoms with Crippen molar-refractivity contribution in [3.05, 3.63) is 11.8 Å². The summed E-state index contributed by atoms with van der Waals surface area (Å²) in [6.07, 6.45) is -1.54. The van der Waals surface area contributed by atoms with Crippen molar-refractivity contribution in [2.24, 2.45) is 5.41 Å². The number of carbonyl (C=O) groups excluding carboxylic acids is 1. The van der Waals surface area contributed by atoms with Crippen molar-refractivity contribution in [3.63, 3.8) is 0 Å². The minimum atomic E-state index is -4.53. The molecule has 1 aromatic heterocycles. The first-order chi connectivity index (χ1) is 12.1. The number of aromatic nitrogens is 2. The van der Waals surface area contributed by atoms with Gasteiger partial charge >= 0.3 is 6.18 Å². The van der Waals surface area contributed by atoms with Crippen molar-refractivity contribution in [3.8, 4) is 0 Å². The van der Waals surface area contributed by atoms with Gasteiger partial charge in [0.05, 0.1) is 18.6 Å². The smallest absolute Gasteiger partial charge is 0.379 e. The Balaban J connectivity index is 1.96. The molecule has 0 atom stereocenters. The van der Waals surface area contributed by atoms with Crippen LogP contribution in [0.15, 0.2) is 11.4 Å². The van der Waals surface area contributed by atoms with E-state index in [9.17, 15) is 18.0 Å². The number of alkyl halides is 3. The van der Waals surface area contributed by atoms with Gasteiger partial charge in [-0.25, -0.2) is 9.97 Å². The van der Waals surface area contributed by atoms with Gasteiger partial charge < -0.3 is 15.0 Å². The van der Waals surface area contributed by atoms with E-state index in [-0.39, 0.29) is 23.4 Å². The molecule has 2 heterocycles. The van der Waals surface area contributed by atoms with Crippen molar-refractivity contribution in [1.29, 1.82) is 0 Å². The van der Waals surface area contributed by atoms with E-state index >= 15 is 0 Å². The predicted molar refractivity (Wildman–Crippen MR) is 93.1 cm³/mol. The van der Waals surface area contributed by atoms with E-state index in [4.69, 9.17) is 4.74 Å². The fourth-order valence-corrected chi connectivity index (χ4v) is 2.93. The van der Waals surface area contributed by atoms with Crippen LogP contribution in [0.5, 0.6) is 0 Å². The molecule has 1 saturated heterocycles. The van der Waals surface area contributed by atoms with Crippen LogP contribution in [0.4, 0.5) is 19.0 Å². The molecule has 0 aliphatic carbocycles. The van der Waals surface area contributed by atoms with Crippen LogP contribution in [0.1, 0.15) is 25.8 Å². The van der Waals surface area contributed by atoms with Crippen LogP contribution < -0.4 is 5.32 Å². The lowest BCUT2D eigenvalue weighted by atomic mass is 9.93. The van der Waals surface area contributed by atoms with E-state index in [0.29, 0.717) is 32.7 Å². The molecule has 1 aliphatic heterocycles. The maximum Gasteiger partial charge on any atom is 0.421 e. The number of amides is 1.